The zero-order chi connectivity index (χ0) is 16.4. The van der Waals surface area contributed by atoms with Crippen LogP contribution in [0.1, 0.15) is 31.7 Å². The second-order valence-electron chi connectivity index (χ2n) is 6.43. The molecule has 0 unspecified atom stereocenters. The van der Waals surface area contributed by atoms with E-state index in [1.807, 2.05) is 13.0 Å². The Morgan fingerprint density at radius 2 is 2.09 bits per heavy atom. The van der Waals surface area contributed by atoms with E-state index in [0.717, 1.165) is 36.8 Å². The third-order valence-corrected chi connectivity index (χ3v) is 4.33. The van der Waals surface area contributed by atoms with Crippen LogP contribution in [-0.4, -0.2) is 16.6 Å². The van der Waals surface area contributed by atoms with Crippen LogP contribution in [0.2, 0.25) is 0 Å². The lowest BCUT2D eigenvalue weighted by atomic mass is 10.0. The summed E-state index contributed by atoms with van der Waals surface area (Å²) in [5, 5.41) is 1.30. The van der Waals surface area contributed by atoms with Gasteiger partial charge < -0.3 is 9.30 Å². The molecular weight excluding hydrogens is 286 g/mol. The number of hydrogen-bond acceptors (Lipinski definition) is 2. The van der Waals surface area contributed by atoms with E-state index in [2.05, 4.69) is 48.7 Å². The van der Waals surface area contributed by atoms with E-state index in [4.69, 9.17) is 4.74 Å². The second kappa shape index (κ2) is 6.45. The van der Waals surface area contributed by atoms with E-state index >= 15 is 0 Å². The number of cyclic esters (lactones) is 1. The Balaban J connectivity index is 1.63. The second-order valence-corrected chi connectivity index (χ2v) is 6.43. The molecule has 0 bridgehead atoms. The third-order valence-electron chi connectivity index (χ3n) is 4.33. The maximum absolute atomic E-state index is 11.9. The molecule has 120 valence electrons. The Labute approximate surface area is 137 Å². The molecule has 1 aliphatic heterocycles. The van der Waals surface area contributed by atoms with Gasteiger partial charge in [-0.2, -0.15) is 0 Å². The summed E-state index contributed by atoms with van der Waals surface area (Å²) in [5.41, 5.74) is 4.45. The molecule has 2 heterocycles. The molecule has 1 aromatic heterocycles. The Hall–Kier alpha value is -2.29. The molecular formula is C20H23NO2. The van der Waals surface area contributed by atoms with Crippen molar-refractivity contribution in [3.63, 3.8) is 0 Å². The summed E-state index contributed by atoms with van der Waals surface area (Å²) in [6, 6.07) is 8.44. The Morgan fingerprint density at radius 1 is 1.30 bits per heavy atom. The Morgan fingerprint density at radius 3 is 2.87 bits per heavy atom. The van der Waals surface area contributed by atoms with Gasteiger partial charge in [0.25, 0.3) is 0 Å². The number of esters is 1. The highest BCUT2D eigenvalue weighted by atomic mass is 16.5. The van der Waals surface area contributed by atoms with E-state index in [9.17, 15) is 4.79 Å². The van der Waals surface area contributed by atoms with E-state index in [0.29, 0.717) is 0 Å². The number of ether oxygens (including phenoxy) is 1. The third kappa shape index (κ3) is 3.39. The van der Waals surface area contributed by atoms with Crippen molar-refractivity contribution in [2.75, 3.05) is 0 Å². The smallest absolute Gasteiger partial charge is 0.334 e. The largest absolute Gasteiger partial charge is 0.454 e. The molecule has 3 nitrogen and oxygen atoms in total. The molecule has 0 saturated carbocycles. The summed E-state index contributed by atoms with van der Waals surface area (Å²) in [6.45, 7) is 5.84. The van der Waals surface area contributed by atoms with Gasteiger partial charge in [-0.05, 0) is 43.9 Å². The molecule has 0 fully saturated rings. The zero-order valence-electron chi connectivity index (χ0n) is 13.8. The van der Waals surface area contributed by atoms with Crippen LogP contribution in [0.4, 0.5) is 0 Å². The van der Waals surface area contributed by atoms with Crippen LogP contribution in [0.25, 0.3) is 10.9 Å². The van der Waals surface area contributed by atoms with Crippen molar-refractivity contribution in [1.82, 2.24) is 4.57 Å². The first kappa shape index (κ1) is 15.6. The number of aromatic nitrogens is 1. The van der Waals surface area contributed by atoms with E-state index in [1.54, 1.807) is 0 Å². The van der Waals surface area contributed by atoms with Crippen LogP contribution in [0, 0.1) is 0 Å². The fourth-order valence-corrected chi connectivity index (χ4v) is 3.26. The van der Waals surface area contributed by atoms with Crippen LogP contribution in [0.3, 0.4) is 0 Å². The van der Waals surface area contributed by atoms with Gasteiger partial charge >= 0.3 is 5.97 Å². The van der Waals surface area contributed by atoms with Gasteiger partial charge in [0.05, 0.1) is 0 Å². The molecule has 23 heavy (non-hydrogen) atoms. The lowest BCUT2D eigenvalue weighted by Gasteiger charge is -2.06. The van der Waals surface area contributed by atoms with Gasteiger partial charge in [-0.1, -0.05) is 30.4 Å². The van der Waals surface area contributed by atoms with Crippen molar-refractivity contribution in [1.29, 1.82) is 0 Å². The first-order valence-electron chi connectivity index (χ1n) is 8.13. The van der Waals surface area contributed by atoms with E-state index in [-0.39, 0.29) is 12.1 Å². The molecule has 1 atom stereocenters. The van der Waals surface area contributed by atoms with Gasteiger partial charge in [-0.25, -0.2) is 4.79 Å². The highest BCUT2D eigenvalue weighted by Gasteiger charge is 2.24. The number of benzene rings is 1. The summed E-state index contributed by atoms with van der Waals surface area (Å²) in [7, 11) is 2.07. The van der Waals surface area contributed by atoms with Crippen molar-refractivity contribution in [2.24, 2.45) is 7.05 Å². The van der Waals surface area contributed by atoms with Crippen LogP contribution < -0.4 is 0 Å². The first-order chi connectivity index (χ1) is 11.0. The minimum atomic E-state index is -0.158. The molecule has 0 N–H and O–H groups in total. The summed E-state index contributed by atoms with van der Waals surface area (Å²) in [5.74, 6) is -0.158. The van der Waals surface area contributed by atoms with E-state index in [1.165, 1.54) is 16.5 Å². The maximum atomic E-state index is 11.9. The maximum Gasteiger partial charge on any atom is 0.334 e. The zero-order valence-corrected chi connectivity index (χ0v) is 13.8. The number of fused-ring (bicyclic) bond motifs is 1. The fourth-order valence-electron chi connectivity index (χ4n) is 3.26. The lowest BCUT2D eigenvalue weighted by molar-refractivity contribution is -0.139. The van der Waals surface area contributed by atoms with Gasteiger partial charge in [0, 0.05) is 36.1 Å². The fraction of sp³-hybridized carbons (Fsp3) is 0.350. The Bertz CT molecular complexity index is 782. The topological polar surface area (TPSA) is 31.2 Å². The highest BCUT2D eigenvalue weighted by molar-refractivity contribution is 5.91. The molecule has 0 amide bonds. The van der Waals surface area contributed by atoms with Gasteiger partial charge in [0.2, 0.25) is 0 Å². The first-order valence-corrected chi connectivity index (χ1v) is 8.13. The summed E-state index contributed by atoms with van der Waals surface area (Å²) in [4.78, 5) is 11.9. The van der Waals surface area contributed by atoms with Crippen molar-refractivity contribution in [3.8, 4) is 0 Å². The molecule has 2 aromatic rings. The van der Waals surface area contributed by atoms with Crippen LogP contribution in [-0.2, 0) is 23.0 Å². The average molecular weight is 309 g/mol. The summed E-state index contributed by atoms with van der Waals surface area (Å²) >= 11 is 0. The van der Waals surface area contributed by atoms with Gasteiger partial charge in [-0.3, -0.25) is 0 Å². The molecule has 3 rings (SSSR count). The van der Waals surface area contributed by atoms with Crippen molar-refractivity contribution < 1.29 is 9.53 Å². The number of hydrogen-bond donors (Lipinski definition) is 0. The predicted molar refractivity (Wildman–Crippen MR) is 93.3 cm³/mol. The number of carbonyl (C=O) groups excluding carboxylic acids is 1. The van der Waals surface area contributed by atoms with Crippen LogP contribution in [0.15, 0.2) is 54.3 Å². The van der Waals surface area contributed by atoms with Crippen molar-refractivity contribution in [3.05, 3.63) is 59.8 Å². The Kier molecular flexibility index (Phi) is 4.37. The summed E-state index contributed by atoms with van der Waals surface area (Å²) in [6.07, 6.45) is 7.46. The molecule has 0 radical (unpaired) electrons. The lowest BCUT2D eigenvalue weighted by Crippen LogP contribution is -2.08. The van der Waals surface area contributed by atoms with Gasteiger partial charge in [-0.15, -0.1) is 0 Å². The van der Waals surface area contributed by atoms with Crippen LogP contribution in [0.5, 0.6) is 0 Å². The number of nitrogens with zero attached hydrogens (tertiary/aromatic N) is 1. The highest BCUT2D eigenvalue weighted by Crippen LogP contribution is 2.25. The predicted octanol–water partition coefficient (Wildman–Crippen LogP) is 4.32. The monoisotopic (exact) mass is 309 g/mol. The average Bonchev–Trinajstić information content (AvgIpc) is 3.00. The number of rotatable bonds is 6. The minimum absolute atomic E-state index is 0.118. The van der Waals surface area contributed by atoms with Gasteiger partial charge in [0.15, 0.2) is 0 Å². The van der Waals surface area contributed by atoms with Crippen molar-refractivity contribution in [2.45, 2.75) is 38.7 Å². The summed E-state index contributed by atoms with van der Waals surface area (Å²) < 4.78 is 7.53. The molecule has 0 saturated heterocycles. The normalized spacial score (nSPS) is 17.4. The molecule has 0 aliphatic carbocycles. The van der Waals surface area contributed by atoms with E-state index < -0.39 is 0 Å². The molecule has 1 aliphatic rings. The molecule has 1 aromatic carbocycles. The SMILES string of the molecule is C=C(C)C[C@@H]1C=C(CCCc2cn(C)c3ccccc23)C(=O)O1. The quantitative estimate of drug-likeness (QED) is 0.588. The molecule has 0 spiro atoms. The number of para-hydroxylation sites is 1. The van der Waals surface area contributed by atoms with Crippen LogP contribution >= 0.6 is 0 Å². The number of aryl methyl sites for hydroxylation is 2. The van der Waals surface area contributed by atoms with Gasteiger partial charge in [0.1, 0.15) is 6.10 Å². The minimum Gasteiger partial charge on any atom is -0.454 e. The molecule has 3 heteroatoms. The number of carbonyl (C=O) groups is 1. The standard InChI is InChI=1S/C20H23NO2/c1-14(2)11-17-12-15(20(22)23-17)7-6-8-16-13-21(3)19-10-5-4-9-18(16)19/h4-5,9-10,12-13,17H,1,6-8,11H2,2-3H3/t17-/m1/s1. The van der Waals surface area contributed by atoms with Crippen molar-refractivity contribution >= 4 is 16.9 Å².